The number of guanidine groups is 1. The predicted molar refractivity (Wildman–Crippen MR) is 103 cm³/mol. The van der Waals surface area contributed by atoms with Gasteiger partial charge in [-0.15, -0.1) is 11.3 Å². The van der Waals surface area contributed by atoms with E-state index < -0.39 is 0 Å². The van der Waals surface area contributed by atoms with Crippen molar-refractivity contribution in [1.29, 1.82) is 0 Å². The molecule has 0 aromatic carbocycles. The van der Waals surface area contributed by atoms with Crippen molar-refractivity contribution in [2.75, 3.05) is 39.0 Å². The van der Waals surface area contributed by atoms with Crippen LogP contribution in [-0.2, 0) is 13.0 Å². The number of nitrogens with zero attached hydrogens (tertiary/aromatic N) is 2. The summed E-state index contributed by atoms with van der Waals surface area (Å²) in [6, 6.07) is 2.28. The highest BCUT2D eigenvalue weighted by Crippen LogP contribution is 2.36. The lowest BCUT2D eigenvalue weighted by Crippen LogP contribution is -2.46. The van der Waals surface area contributed by atoms with Crippen LogP contribution in [0.2, 0.25) is 0 Å². The fraction of sp³-hybridized carbons (Fsp3) is 0.706. The second-order valence-electron chi connectivity index (χ2n) is 6.65. The normalized spacial score (nSPS) is 25.4. The Kier molecular flexibility index (Phi) is 5.88. The van der Waals surface area contributed by atoms with E-state index in [1.165, 1.54) is 37.1 Å². The molecule has 1 aromatic heterocycles. The van der Waals surface area contributed by atoms with E-state index in [0.717, 1.165) is 32.1 Å². The third-order valence-electron chi connectivity index (χ3n) is 4.76. The Hall–Kier alpha value is -0.720. The molecule has 0 amide bonds. The summed E-state index contributed by atoms with van der Waals surface area (Å²) in [6.45, 7) is 7.65. The van der Waals surface area contributed by atoms with E-state index in [1.54, 1.807) is 4.88 Å². The number of thioether (sulfide) groups is 1. The summed E-state index contributed by atoms with van der Waals surface area (Å²) in [7, 11) is 1.86. The first kappa shape index (κ1) is 17.1. The number of hydrogen-bond donors (Lipinski definition) is 2. The van der Waals surface area contributed by atoms with Crippen molar-refractivity contribution < 1.29 is 0 Å². The first-order valence-electron chi connectivity index (χ1n) is 8.55. The Morgan fingerprint density at radius 3 is 3.13 bits per heavy atom. The molecular formula is C17H28N4S2. The highest BCUT2D eigenvalue weighted by molar-refractivity contribution is 8.00. The summed E-state index contributed by atoms with van der Waals surface area (Å²) in [5.74, 6) is 2.23. The lowest BCUT2D eigenvalue weighted by atomic mass is 10.1. The van der Waals surface area contributed by atoms with E-state index in [9.17, 15) is 0 Å². The van der Waals surface area contributed by atoms with Gasteiger partial charge in [-0.25, -0.2) is 0 Å². The van der Waals surface area contributed by atoms with Gasteiger partial charge in [-0.2, -0.15) is 11.8 Å². The average molecular weight is 353 g/mol. The quantitative estimate of drug-likeness (QED) is 0.631. The highest BCUT2D eigenvalue weighted by atomic mass is 32.2. The standard InChI is InChI=1S/C17H28N4S2/c1-17(6-3-10-23-17)13-20-16(18-2)19-7-9-21-8-4-15-14(12-21)5-11-22-15/h5,11H,3-4,6-10,12-13H2,1-2H3,(H2,18,19,20). The molecule has 0 bridgehead atoms. The zero-order valence-electron chi connectivity index (χ0n) is 14.2. The van der Waals surface area contributed by atoms with Crippen LogP contribution in [0, 0.1) is 0 Å². The minimum atomic E-state index is 0.375. The second kappa shape index (κ2) is 7.90. The SMILES string of the molecule is CN=C(NCCN1CCc2sccc2C1)NCC1(C)CCCS1. The van der Waals surface area contributed by atoms with Crippen molar-refractivity contribution in [2.24, 2.45) is 4.99 Å². The molecule has 1 atom stereocenters. The molecule has 0 radical (unpaired) electrons. The van der Waals surface area contributed by atoms with Crippen molar-refractivity contribution in [3.8, 4) is 0 Å². The largest absolute Gasteiger partial charge is 0.355 e. The van der Waals surface area contributed by atoms with Crippen LogP contribution in [0.4, 0.5) is 0 Å². The number of rotatable bonds is 5. The lowest BCUT2D eigenvalue weighted by molar-refractivity contribution is 0.260. The molecule has 1 fully saturated rings. The van der Waals surface area contributed by atoms with Crippen LogP contribution in [-0.4, -0.2) is 54.6 Å². The maximum Gasteiger partial charge on any atom is 0.191 e. The van der Waals surface area contributed by atoms with Gasteiger partial charge in [0.2, 0.25) is 0 Å². The van der Waals surface area contributed by atoms with Crippen molar-refractivity contribution in [2.45, 2.75) is 37.5 Å². The Morgan fingerprint density at radius 2 is 2.35 bits per heavy atom. The molecule has 2 aliphatic heterocycles. The van der Waals surface area contributed by atoms with Gasteiger partial charge in [-0.1, -0.05) is 0 Å². The van der Waals surface area contributed by atoms with E-state index in [2.05, 4.69) is 50.7 Å². The zero-order chi connectivity index (χ0) is 16.1. The molecule has 4 nitrogen and oxygen atoms in total. The van der Waals surface area contributed by atoms with Gasteiger partial charge in [0.15, 0.2) is 5.96 Å². The maximum absolute atomic E-state index is 4.36. The summed E-state index contributed by atoms with van der Waals surface area (Å²) in [4.78, 5) is 8.47. The van der Waals surface area contributed by atoms with Gasteiger partial charge in [0.1, 0.15) is 0 Å². The fourth-order valence-corrected chi connectivity index (χ4v) is 5.43. The van der Waals surface area contributed by atoms with E-state index in [4.69, 9.17) is 0 Å². The van der Waals surface area contributed by atoms with Gasteiger partial charge >= 0.3 is 0 Å². The van der Waals surface area contributed by atoms with Gasteiger partial charge in [0, 0.05) is 49.4 Å². The molecule has 23 heavy (non-hydrogen) atoms. The van der Waals surface area contributed by atoms with Crippen LogP contribution < -0.4 is 10.6 Å². The summed E-state index contributed by atoms with van der Waals surface area (Å²) in [5.41, 5.74) is 1.52. The van der Waals surface area contributed by atoms with Crippen molar-refractivity contribution >= 4 is 29.1 Å². The number of fused-ring (bicyclic) bond motifs is 1. The molecule has 2 N–H and O–H groups in total. The smallest absolute Gasteiger partial charge is 0.191 e. The Bertz CT molecular complexity index is 534. The first-order chi connectivity index (χ1) is 11.2. The number of nitrogens with one attached hydrogen (secondary N) is 2. The van der Waals surface area contributed by atoms with Crippen LogP contribution in [0.25, 0.3) is 0 Å². The second-order valence-corrected chi connectivity index (χ2v) is 9.33. The van der Waals surface area contributed by atoms with Crippen LogP contribution in [0.5, 0.6) is 0 Å². The monoisotopic (exact) mass is 352 g/mol. The molecular weight excluding hydrogens is 324 g/mol. The molecule has 6 heteroatoms. The fourth-order valence-electron chi connectivity index (χ4n) is 3.30. The predicted octanol–water partition coefficient (Wildman–Crippen LogP) is 2.56. The number of hydrogen-bond acceptors (Lipinski definition) is 4. The third kappa shape index (κ3) is 4.64. The molecule has 2 aliphatic rings. The Balaban J connectivity index is 1.37. The molecule has 1 saturated heterocycles. The Morgan fingerprint density at radius 1 is 1.43 bits per heavy atom. The van der Waals surface area contributed by atoms with E-state index in [0.29, 0.717) is 4.75 Å². The van der Waals surface area contributed by atoms with Crippen LogP contribution in [0.1, 0.15) is 30.2 Å². The van der Waals surface area contributed by atoms with Gasteiger partial charge in [-0.3, -0.25) is 9.89 Å². The molecule has 0 spiro atoms. The maximum atomic E-state index is 4.36. The molecule has 128 valence electrons. The van der Waals surface area contributed by atoms with Crippen molar-refractivity contribution in [3.05, 3.63) is 21.9 Å². The van der Waals surface area contributed by atoms with E-state index in [1.807, 2.05) is 18.4 Å². The van der Waals surface area contributed by atoms with Gasteiger partial charge < -0.3 is 10.6 Å². The third-order valence-corrected chi connectivity index (χ3v) is 7.32. The van der Waals surface area contributed by atoms with Crippen molar-refractivity contribution in [1.82, 2.24) is 15.5 Å². The molecule has 0 aliphatic carbocycles. The number of aliphatic imine (C=N–C) groups is 1. The average Bonchev–Trinajstić information content (AvgIpc) is 3.19. The zero-order valence-corrected chi connectivity index (χ0v) is 15.9. The summed E-state index contributed by atoms with van der Waals surface area (Å²) >= 11 is 3.99. The summed E-state index contributed by atoms with van der Waals surface area (Å²) in [6.07, 6.45) is 3.85. The topological polar surface area (TPSA) is 39.7 Å². The van der Waals surface area contributed by atoms with Crippen molar-refractivity contribution in [3.63, 3.8) is 0 Å². The number of thiophene rings is 1. The molecule has 3 rings (SSSR count). The first-order valence-corrected chi connectivity index (χ1v) is 10.4. The van der Waals surface area contributed by atoms with E-state index in [-0.39, 0.29) is 0 Å². The highest BCUT2D eigenvalue weighted by Gasteiger charge is 2.29. The molecule has 3 heterocycles. The molecule has 1 aromatic rings. The minimum absolute atomic E-state index is 0.375. The van der Waals surface area contributed by atoms with E-state index >= 15 is 0 Å². The summed E-state index contributed by atoms with van der Waals surface area (Å²) < 4.78 is 0.375. The van der Waals surface area contributed by atoms with Gasteiger partial charge in [0.25, 0.3) is 0 Å². The van der Waals surface area contributed by atoms with Crippen LogP contribution in [0.15, 0.2) is 16.4 Å². The molecule has 0 saturated carbocycles. The van der Waals surface area contributed by atoms with Crippen LogP contribution >= 0.6 is 23.1 Å². The minimum Gasteiger partial charge on any atom is -0.355 e. The van der Waals surface area contributed by atoms with Crippen LogP contribution in [0.3, 0.4) is 0 Å². The lowest BCUT2D eigenvalue weighted by Gasteiger charge is -2.27. The van der Waals surface area contributed by atoms with Gasteiger partial charge in [0.05, 0.1) is 0 Å². The molecule has 1 unspecified atom stereocenters. The van der Waals surface area contributed by atoms with Gasteiger partial charge in [-0.05, 0) is 48.9 Å². The summed E-state index contributed by atoms with van der Waals surface area (Å²) in [5, 5.41) is 9.19. The Labute approximate surface area is 148 Å².